The van der Waals surface area contributed by atoms with Gasteiger partial charge in [-0.05, 0) is 54.4 Å². The van der Waals surface area contributed by atoms with Crippen LogP contribution in [0.3, 0.4) is 0 Å². The number of hydrogen-bond donors (Lipinski definition) is 2. The van der Waals surface area contributed by atoms with E-state index in [2.05, 4.69) is 10.0 Å². The predicted octanol–water partition coefficient (Wildman–Crippen LogP) is 4.62. The molecule has 0 bridgehead atoms. The van der Waals surface area contributed by atoms with Gasteiger partial charge in [0.15, 0.2) is 0 Å². The first-order chi connectivity index (χ1) is 15.1. The van der Waals surface area contributed by atoms with Crippen LogP contribution in [0.25, 0.3) is 0 Å². The largest absolute Gasteiger partial charge is 0.416 e. The van der Waals surface area contributed by atoms with E-state index in [1.807, 2.05) is 30.3 Å². The number of carbonyl (C=O) groups excluding carboxylic acids is 1. The molecule has 3 aromatic carbocycles. The molecule has 0 aliphatic rings. The molecule has 0 fully saturated rings. The molecule has 0 unspecified atom stereocenters. The Bertz CT molecular complexity index is 1200. The van der Waals surface area contributed by atoms with Gasteiger partial charge in [0.2, 0.25) is 10.0 Å². The number of rotatable bonds is 7. The van der Waals surface area contributed by atoms with E-state index in [0.717, 1.165) is 48.0 Å². The molecule has 1 amide bonds. The molecule has 0 saturated heterocycles. The van der Waals surface area contributed by atoms with Gasteiger partial charge in [-0.25, -0.2) is 17.5 Å². The van der Waals surface area contributed by atoms with Crippen LogP contribution in [0, 0.1) is 5.82 Å². The third-order valence-electron chi connectivity index (χ3n) is 4.51. The molecule has 0 radical (unpaired) electrons. The van der Waals surface area contributed by atoms with E-state index in [9.17, 15) is 30.8 Å². The summed E-state index contributed by atoms with van der Waals surface area (Å²) >= 11 is 0. The second kappa shape index (κ2) is 9.49. The summed E-state index contributed by atoms with van der Waals surface area (Å²) in [5.41, 5.74) is -0.547. The number of hydrogen-bond acceptors (Lipinski definition) is 3. The van der Waals surface area contributed by atoms with E-state index in [4.69, 9.17) is 0 Å². The standard InChI is InChI=1S/C22H18F4N2O3S/c23-20-11-10-18(32(30,31)27-13-12-15-4-2-1-3-5-15)14-19(20)21(29)28-17-8-6-16(7-9-17)22(24,25)26/h1-11,14,27H,12-13H2,(H,28,29). The summed E-state index contributed by atoms with van der Waals surface area (Å²) in [7, 11) is -4.02. The number of halogens is 4. The Morgan fingerprint density at radius 3 is 2.19 bits per heavy atom. The van der Waals surface area contributed by atoms with Gasteiger partial charge in [0, 0.05) is 12.2 Å². The van der Waals surface area contributed by atoms with E-state index in [-0.39, 0.29) is 17.1 Å². The lowest BCUT2D eigenvalue weighted by Gasteiger charge is -2.11. The van der Waals surface area contributed by atoms with Crippen molar-refractivity contribution >= 4 is 21.6 Å². The normalized spacial score (nSPS) is 11.9. The topological polar surface area (TPSA) is 75.3 Å². The molecule has 0 saturated carbocycles. The van der Waals surface area contributed by atoms with Gasteiger partial charge >= 0.3 is 6.18 Å². The Labute approximate surface area is 182 Å². The fourth-order valence-electron chi connectivity index (χ4n) is 2.84. The highest BCUT2D eigenvalue weighted by Gasteiger charge is 2.30. The minimum atomic E-state index is -4.54. The van der Waals surface area contributed by atoms with Gasteiger partial charge < -0.3 is 5.32 Å². The molecule has 2 N–H and O–H groups in total. The Morgan fingerprint density at radius 1 is 0.906 bits per heavy atom. The first kappa shape index (κ1) is 23.4. The highest BCUT2D eigenvalue weighted by atomic mass is 32.2. The zero-order valence-electron chi connectivity index (χ0n) is 16.5. The third-order valence-corrected chi connectivity index (χ3v) is 5.97. The molecule has 0 atom stereocenters. The van der Waals surface area contributed by atoms with Crippen LogP contribution in [0.5, 0.6) is 0 Å². The van der Waals surface area contributed by atoms with Crippen molar-refractivity contribution in [3.8, 4) is 0 Å². The molecule has 0 heterocycles. The molecule has 3 rings (SSSR count). The number of carbonyl (C=O) groups is 1. The summed E-state index contributed by atoms with van der Waals surface area (Å²) in [5.74, 6) is -1.97. The van der Waals surface area contributed by atoms with E-state index in [1.54, 1.807) is 0 Å². The van der Waals surface area contributed by atoms with E-state index in [1.165, 1.54) is 0 Å². The van der Waals surface area contributed by atoms with E-state index < -0.39 is 39.1 Å². The van der Waals surface area contributed by atoms with Crippen molar-refractivity contribution in [2.45, 2.75) is 17.5 Å². The molecular weight excluding hydrogens is 448 g/mol. The minimum Gasteiger partial charge on any atom is -0.322 e. The summed E-state index contributed by atoms with van der Waals surface area (Å²) < 4.78 is 79.5. The smallest absolute Gasteiger partial charge is 0.322 e. The maximum Gasteiger partial charge on any atom is 0.416 e. The highest BCUT2D eigenvalue weighted by molar-refractivity contribution is 7.89. The molecule has 0 spiro atoms. The van der Waals surface area contributed by atoms with Crippen LogP contribution < -0.4 is 10.0 Å². The average molecular weight is 466 g/mol. The zero-order chi connectivity index (χ0) is 23.4. The van der Waals surface area contributed by atoms with Crippen LogP contribution in [0.4, 0.5) is 23.2 Å². The second-order valence-electron chi connectivity index (χ2n) is 6.80. The van der Waals surface area contributed by atoms with Gasteiger partial charge in [-0.15, -0.1) is 0 Å². The Balaban J connectivity index is 1.72. The third kappa shape index (κ3) is 5.92. The first-order valence-electron chi connectivity index (χ1n) is 9.38. The van der Waals surface area contributed by atoms with Crippen LogP contribution in [-0.2, 0) is 22.6 Å². The Hall–Kier alpha value is -3.24. The van der Waals surface area contributed by atoms with Crippen LogP contribution in [-0.4, -0.2) is 20.9 Å². The first-order valence-corrected chi connectivity index (χ1v) is 10.9. The van der Waals surface area contributed by atoms with Crippen LogP contribution in [0.2, 0.25) is 0 Å². The fraction of sp³-hybridized carbons (Fsp3) is 0.136. The van der Waals surface area contributed by atoms with Crippen molar-refractivity contribution in [3.05, 3.63) is 95.3 Å². The quantitative estimate of drug-likeness (QED) is 0.499. The number of alkyl halides is 3. The van der Waals surface area contributed by atoms with E-state index in [0.29, 0.717) is 6.42 Å². The molecule has 10 heteroatoms. The predicted molar refractivity (Wildman–Crippen MR) is 111 cm³/mol. The molecule has 0 aromatic heterocycles. The number of sulfonamides is 1. The minimum absolute atomic E-state index is 0.00311. The van der Waals surface area contributed by atoms with Crippen molar-refractivity contribution in [2.75, 3.05) is 11.9 Å². The van der Waals surface area contributed by atoms with Crippen molar-refractivity contribution in [1.82, 2.24) is 4.72 Å². The van der Waals surface area contributed by atoms with Gasteiger partial charge in [-0.3, -0.25) is 4.79 Å². The van der Waals surface area contributed by atoms with Crippen LogP contribution in [0.15, 0.2) is 77.7 Å². The number of benzene rings is 3. The molecule has 32 heavy (non-hydrogen) atoms. The lowest BCUT2D eigenvalue weighted by Crippen LogP contribution is -2.26. The summed E-state index contributed by atoms with van der Waals surface area (Å²) in [6.07, 6.45) is -4.10. The van der Waals surface area contributed by atoms with Crippen LogP contribution in [0.1, 0.15) is 21.5 Å². The fourth-order valence-corrected chi connectivity index (χ4v) is 3.90. The van der Waals surface area contributed by atoms with Crippen molar-refractivity contribution in [1.29, 1.82) is 0 Å². The summed E-state index contributed by atoms with van der Waals surface area (Å²) in [5, 5.41) is 2.26. The lowest BCUT2D eigenvalue weighted by atomic mass is 10.1. The lowest BCUT2D eigenvalue weighted by molar-refractivity contribution is -0.137. The SMILES string of the molecule is O=C(Nc1ccc(C(F)(F)F)cc1)c1cc(S(=O)(=O)NCCc2ccccc2)ccc1F. The van der Waals surface area contributed by atoms with E-state index >= 15 is 0 Å². The van der Waals surface area contributed by atoms with Crippen LogP contribution >= 0.6 is 0 Å². The van der Waals surface area contributed by atoms with Crippen molar-refractivity contribution in [3.63, 3.8) is 0 Å². The molecular formula is C22H18F4N2O3S. The number of amides is 1. The van der Waals surface area contributed by atoms with Gasteiger partial charge in [0.05, 0.1) is 16.0 Å². The van der Waals surface area contributed by atoms with Crippen molar-refractivity contribution < 1.29 is 30.8 Å². The maximum absolute atomic E-state index is 14.2. The number of nitrogens with one attached hydrogen (secondary N) is 2. The Kier molecular flexibility index (Phi) is 6.95. The van der Waals surface area contributed by atoms with Gasteiger partial charge in [-0.2, -0.15) is 13.2 Å². The molecule has 168 valence electrons. The summed E-state index contributed by atoms with van der Waals surface area (Å²) in [6.45, 7) is 0.0941. The van der Waals surface area contributed by atoms with Crippen molar-refractivity contribution in [2.24, 2.45) is 0 Å². The summed E-state index contributed by atoms with van der Waals surface area (Å²) in [6, 6.07) is 15.5. The second-order valence-corrected chi connectivity index (χ2v) is 8.57. The molecule has 0 aliphatic carbocycles. The molecule has 5 nitrogen and oxygen atoms in total. The number of anilines is 1. The van der Waals surface area contributed by atoms with Gasteiger partial charge in [0.25, 0.3) is 5.91 Å². The maximum atomic E-state index is 14.2. The van der Waals surface area contributed by atoms with Gasteiger partial charge in [0.1, 0.15) is 5.82 Å². The summed E-state index contributed by atoms with van der Waals surface area (Å²) in [4.78, 5) is 12.1. The Morgan fingerprint density at radius 2 is 1.56 bits per heavy atom. The molecule has 0 aliphatic heterocycles. The van der Waals surface area contributed by atoms with Gasteiger partial charge in [-0.1, -0.05) is 30.3 Å². The molecule has 3 aromatic rings. The highest BCUT2D eigenvalue weighted by Crippen LogP contribution is 2.30. The monoisotopic (exact) mass is 466 g/mol. The zero-order valence-corrected chi connectivity index (χ0v) is 17.3. The average Bonchev–Trinajstić information content (AvgIpc) is 2.74.